The zero-order valence-corrected chi connectivity index (χ0v) is 69.2. The van der Waals surface area contributed by atoms with Crippen molar-refractivity contribution in [1.29, 1.82) is 0 Å². The van der Waals surface area contributed by atoms with E-state index in [1.54, 1.807) is 0 Å². The van der Waals surface area contributed by atoms with Crippen molar-refractivity contribution in [3.8, 4) is 84.1 Å². The molecule has 0 radical (unpaired) electrons. The first-order chi connectivity index (χ1) is 61.9. The number of H-pyrrole nitrogens is 1. The number of fused-ring (bicyclic) bond motifs is 24. The first kappa shape index (κ1) is 72.8. The summed E-state index contributed by atoms with van der Waals surface area (Å²) in [5.41, 5.74) is 30.1. The van der Waals surface area contributed by atoms with Crippen LogP contribution in [-0.4, -0.2) is 38.6 Å². The van der Waals surface area contributed by atoms with E-state index in [9.17, 15) is 0 Å². The van der Waals surface area contributed by atoms with Crippen LogP contribution in [0, 0.1) is 0 Å². The lowest BCUT2D eigenvalue weighted by Gasteiger charge is -2.12. The van der Waals surface area contributed by atoms with Gasteiger partial charge in [0, 0.05) is 108 Å². The summed E-state index contributed by atoms with van der Waals surface area (Å²) >= 11 is 3.57. The van der Waals surface area contributed by atoms with Crippen LogP contribution in [-0.2, 0) is 0 Å². The lowest BCUT2D eigenvalue weighted by atomic mass is 9.99. The average molecular weight is 1660 g/mol. The second-order valence-electron chi connectivity index (χ2n) is 32.2. The number of hydrogen-bond donors (Lipinski definition) is 1. The molecule has 0 unspecified atom stereocenters. The number of nitrogens with zero attached hydrogens (tertiary/aromatic N) is 7. The van der Waals surface area contributed by atoms with E-state index in [0.717, 1.165) is 93.0 Å². The van der Waals surface area contributed by atoms with Crippen molar-refractivity contribution in [2.45, 2.75) is 0 Å². The van der Waals surface area contributed by atoms with Crippen LogP contribution in [0.4, 0.5) is 0 Å². The van der Waals surface area contributed by atoms with Crippen LogP contribution in [0.5, 0.6) is 0 Å². The number of para-hydroxylation sites is 6. The van der Waals surface area contributed by atoms with Crippen molar-refractivity contribution < 1.29 is 0 Å². The van der Waals surface area contributed by atoms with Crippen LogP contribution in [0.1, 0.15) is 0 Å². The summed E-state index contributed by atoms with van der Waals surface area (Å²) in [5, 5.41) is 19.4. The van der Waals surface area contributed by atoms with Gasteiger partial charge in [-0.25, -0.2) is 9.97 Å². The van der Waals surface area contributed by atoms with Crippen molar-refractivity contribution >= 4 is 168 Å². The van der Waals surface area contributed by atoms with Gasteiger partial charge in [-0.15, -0.1) is 0 Å². The molecule has 0 aliphatic carbocycles. The zero-order chi connectivity index (χ0) is 82.6. The van der Waals surface area contributed by atoms with Crippen molar-refractivity contribution in [2.75, 3.05) is 0 Å². The van der Waals surface area contributed by atoms with Gasteiger partial charge in [-0.1, -0.05) is 307 Å². The highest BCUT2D eigenvalue weighted by molar-refractivity contribution is 9.10. The first-order valence-corrected chi connectivity index (χ1v) is 43.1. The summed E-state index contributed by atoms with van der Waals surface area (Å²) < 4.78 is 8.20. The molecule has 0 bridgehead atoms. The van der Waals surface area contributed by atoms with Crippen molar-refractivity contribution in [1.82, 2.24) is 38.6 Å². The Bertz CT molecular complexity index is 8770. The first-order valence-electron chi connectivity index (χ1n) is 42.3. The molecule has 9 heteroatoms. The Morgan fingerprint density at radius 2 is 0.480 bits per heavy atom. The Hall–Kier alpha value is -16.2. The summed E-state index contributed by atoms with van der Waals surface area (Å²) in [6.45, 7) is 0. The molecule has 26 aromatic rings. The van der Waals surface area contributed by atoms with Gasteiger partial charge in [0.25, 0.3) is 0 Å². The number of aromatic nitrogens is 8. The molecule has 0 aliphatic heterocycles. The molecule has 20 aromatic carbocycles. The summed E-state index contributed by atoms with van der Waals surface area (Å²) in [5.74, 6) is 0. The molecular weight excluding hydrogens is 1590 g/mol. The predicted octanol–water partition coefficient (Wildman–Crippen LogP) is 31.2. The SMILES string of the molecule is Brc1cccc(-c2cccc(-c3cnc4c5ccccc5c5ccccc5c4n3)c2)c1.c1ccc(-n2c3ccccc3c3cc(-c4ccc5[nH]c6ccccc6c5c4)ccc32)cc1.c1ccc(-n2c3ccccc3c3cc(-c4ccc5c(c4)c4ccccc4n5-c4cccc(-c5cccc(-c6cnc7c8ccccc8c8ccccc8c7n6)c5)c4)ccc32)cc1. The van der Waals surface area contributed by atoms with E-state index in [0.29, 0.717) is 0 Å². The van der Waals surface area contributed by atoms with Crippen LogP contribution >= 0.6 is 15.9 Å². The third-order valence-corrected chi connectivity index (χ3v) is 25.5. The highest BCUT2D eigenvalue weighted by Crippen LogP contribution is 2.44. The van der Waals surface area contributed by atoms with E-state index >= 15 is 0 Å². The maximum atomic E-state index is 5.29. The molecule has 8 nitrogen and oxygen atoms in total. The third-order valence-electron chi connectivity index (χ3n) is 25.0. The normalized spacial score (nSPS) is 11.7. The lowest BCUT2D eigenvalue weighted by Crippen LogP contribution is -1.95. The molecule has 0 spiro atoms. The molecule has 125 heavy (non-hydrogen) atoms. The number of rotatable bonds is 9. The molecule has 26 rings (SSSR count). The fourth-order valence-electron chi connectivity index (χ4n) is 19.2. The molecule has 0 fully saturated rings. The van der Waals surface area contributed by atoms with E-state index in [4.69, 9.17) is 19.9 Å². The molecule has 0 saturated carbocycles. The van der Waals surface area contributed by atoms with Crippen LogP contribution in [0.3, 0.4) is 0 Å². The van der Waals surface area contributed by atoms with Crippen molar-refractivity contribution in [2.24, 2.45) is 0 Å². The smallest absolute Gasteiger partial charge is 0.0979 e. The molecule has 0 atom stereocenters. The van der Waals surface area contributed by atoms with Crippen LogP contribution in [0.15, 0.2) is 442 Å². The highest BCUT2D eigenvalue weighted by atomic mass is 79.9. The second kappa shape index (κ2) is 30.2. The zero-order valence-electron chi connectivity index (χ0n) is 67.6. The molecular formula is C116H73BrN8. The van der Waals surface area contributed by atoms with Gasteiger partial charge in [-0.2, -0.15) is 0 Å². The minimum Gasteiger partial charge on any atom is -0.355 e. The Morgan fingerprint density at radius 1 is 0.184 bits per heavy atom. The van der Waals surface area contributed by atoms with E-state index in [1.807, 2.05) is 18.5 Å². The van der Waals surface area contributed by atoms with Gasteiger partial charge in [-0.3, -0.25) is 9.97 Å². The van der Waals surface area contributed by atoms with Gasteiger partial charge in [0.05, 0.1) is 78.9 Å². The van der Waals surface area contributed by atoms with E-state index < -0.39 is 0 Å². The van der Waals surface area contributed by atoms with E-state index in [2.05, 4.69) is 453 Å². The minimum atomic E-state index is 0.857. The maximum Gasteiger partial charge on any atom is 0.0979 e. The largest absolute Gasteiger partial charge is 0.355 e. The Balaban J connectivity index is 0.000000116. The van der Waals surface area contributed by atoms with Gasteiger partial charge < -0.3 is 18.7 Å². The monoisotopic (exact) mass is 1660 g/mol. The standard InChI is InChI=1S/C58H36N4.C30H20N2.C28H17BrN2/c1-2-17-42(18-3-1)61-53-26-10-8-22-46(53)50-34-39(28-30-55(50)61)40-29-31-56-51(35-40)47-23-9-11-27-54(47)62(56)43-19-13-15-38(33-43)37-14-12-16-41(32-37)52-36-59-57-48-24-6-4-20-44(48)45-21-5-7-25-49(45)58(57)60-52;1-2-8-22(9-3-1)32-29-13-7-5-11-24(29)26-19-21(15-17-30(26)32)20-14-16-28-25(18-20)23-10-4-6-12-27(23)31-28;29-21-10-6-8-19(16-21)18-7-5-9-20(15-18)26-17-30-27-24-13-3-1-11-22(24)23-12-2-4-14-25(23)28(27)31-26/h1-36H;1-19,31H;1-17H. The third kappa shape index (κ3) is 12.6. The number of benzene rings is 20. The number of nitrogens with one attached hydrogen (secondary N) is 1. The summed E-state index contributed by atoms with van der Waals surface area (Å²) in [6, 6.07) is 152. The molecule has 6 heterocycles. The maximum absolute atomic E-state index is 5.29. The van der Waals surface area contributed by atoms with Gasteiger partial charge in [0.15, 0.2) is 0 Å². The van der Waals surface area contributed by atoms with Crippen LogP contribution < -0.4 is 0 Å². The number of halogens is 1. The summed E-state index contributed by atoms with van der Waals surface area (Å²) in [4.78, 5) is 23.8. The van der Waals surface area contributed by atoms with Gasteiger partial charge >= 0.3 is 0 Å². The quantitative estimate of drug-likeness (QED) is 0.146. The lowest BCUT2D eigenvalue weighted by molar-refractivity contribution is 1.18. The molecule has 1 N–H and O–H groups in total. The summed E-state index contributed by atoms with van der Waals surface area (Å²) in [7, 11) is 0. The molecule has 0 amide bonds. The van der Waals surface area contributed by atoms with E-state index in [1.165, 1.54) is 148 Å². The average Bonchev–Trinajstić information content (AvgIpc) is 1.61. The van der Waals surface area contributed by atoms with E-state index in [-0.39, 0.29) is 0 Å². The molecule has 6 aromatic heterocycles. The van der Waals surface area contributed by atoms with Crippen molar-refractivity contribution in [3.63, 3.8) is 0 Å². The van der Waals surface area contributed by atoms with Gasteiger partial charge in [0.1, 0.15) is 0 Å². The Kier molecular flexibility index (Phi) is 17.6. The molecule has 0 aliphatic rings. The summed E-state index contributed by atoms with van der Waals surface area (Å²) in [6.07, 6.45) is 3.82. The predicted molar refractivity (Wildman–Crippen MR) is 528 cm³/mol. The highest BCUT2D eigenvalue weighted by Gasteiger charge is 2.21. The molecule has 0 saturated heterocycles. The second-order valence-corrected chi connectivity index (χ2v) is 33.1. The molecule has 584 valence electrons. The van der Waals surface area contributed by atoms with Gasteiger partial charge in [-0.05, 0) is 200 Å². The topological polar surface area (TPSA) is 82.1 Å². The van der Waals surface area contributed by atoms with Gasteiger partial charge in [0.2, 0.25) is 0 Å². The number of hydrogen-bond acceptors (Lipinski definition) is 4. The van der Waals surface area contributed by atoms with Crippen molar-refractivity contribution in [3.05, 3.63) is 442 Å². The fourth-order valence-corrected chi connectivity index (χ4v) is 19.6. The Labute approximate surface area is 727 Å². The fraction of sp³-hybridized carbons (Fsp3) is 0. The van der Waals surface area contributed by atoms with Crippen LogP contribution in [0.25, 0.3) is 236 Å². The van der Waals surface area contributed by atoms with Crippen LogP contribution in [0.2, 0.25) is 0 Å². The number of aromatic amines is 1. The Morgan fingerprint density at radius 3 is 0.920 bits per heavy atom. The minimum absolute atomic E-state index is 0.857.